The van der Waals surface area contributed by atoms with E-state index in [1.807, 2.05) is 19.1 Å². The van der Waals surface area contributed by atoms with E-state index in [-0.39, 0.29) is 18.8 Å². The van der Waals surface area contributed by atoms with Crippen molar-refractivity contribution in [1.82, 2.24) is 4.98 Å². The second-order valence-electron chi connectivity index (χ2n) is 4.73. The molecule has 1 saturated heterocycles. The highest BCUT2D eigenvalue weighted by molar-refractivity contribution is 5.42. The van der Waals surface area contributed by atoms with Gasteiger partial charge in [0.1, 0.15) is 5.82 Å². The molecule has 1 aromatic rings. The number of rotatable bonds is 2. The molecule has 94 valence electrons. The number of aryl methyl sites for hydroxylation is 1. The Hall–Kier alpha value is -1.13. The van der Waals surface area contributed by atoms with Gasteiger partial charge in [-0.2, -0.15) is 0 Å². The molecular weight excluding hydrogens is 216 g/mol. The Morgan fingerprint density at radius 2 is 2.00 bits per heavy atom. The first kappa shape index (κ1) is 12.3. The molecule has 1 aliphatic heterocycles. The van der Waals surface area contributed by atoms with Crippen LogP contribution in [0, 0.1) is 6.92 Å². The first-order valence-corrected chi connectivity index (χ1v) is 6.08. The van der Waals surface area contributed by atoms with Crippen LogP contribution in [-0.2, 0) is 11.3 Å². The van der Waals surface area contributed by atoms with Crippen LogP contribution in [0.1, 0.15) is 25.1 Å². The van der Waals surface area contributed by atoms with Crippen molar-refractivity contribution in [2.24, 2.45) is 0 Å². The van der Waals surface area contributed by atoms with E-state index in [1.165, 1.54) is 0 Å². The maximum Gasteiger partial charge on any atom is 0.128 e. The van der Waals surface area contributed by atoms with Crippen molar-refractivity contribution >= 4 is 5.82 Å². The largest absolute Gasteiger partial charge is 0.392 e. The summed E-state index contributed by atoms with van der Waals surface area (Å²) >= 11 is 0. The molecule has 0 amide bonds. The smallest absolute Gasteiger partial charge is 0.128 e. The van der Waals surface area contributed by atoms with E-state index >= 15 is 0 Å². The van der Waals surface area contributed by atoms with Crippen LogP contribution in [-0.4, -0.2) is 35.4 Å². The Balaban J connectivity index is 2.19. The maximum atomic E-state index is 9.13. The Morgan fingerprint density at radius 1 is 1.35 bits per heavy atom. The van der Waals surface area contributed by atoms with Crippen molar-refractivity contribution in [3.05, 3.63) is 23.4 Å². The number of hydrogen-bond acceptors (Lipinski definition) is 4. The van der Waals surface area contributed by atoms with Crippen molar-refractivity contribution in [3.63, 3.8) is 0 Å². The highest BCUT2D eigenvalue weighted by Crippen LogP contribution is 2.20. The van der Waals surface area contributed by atoms with Gasteiger partial charge in [-0.25, -0.2) is 4.98 Å². The van der Waals surface area contributed by atoms with E-state index in [9.17, 15) is 0 Å². The summed E-state index contributed by atoms with van der Waals surface area (Å²) in [6.07, 6.45) is 0.469. The lowest BCUT2D eigenvalue weighted by atomic mass is 10.2. The molecule has 1 fully saturated rings. The van der Waals surface area contributed by atoms with E-state index < -0.39 is 0 Å². The average Bonchev–Trinajstić information content (AvgIpc) is 2.27. The molecule has 1 aromatic heterocycles. The summed E-state index contributed by atoms with van der Waals surface area (Å²) in [6.45, 7) is 7.89. The van der Waals surface area contributed by atoms with E-state index in [2.05, 4.69) is 23.7 Å². The average molecular weight is 236 g/mol. The lowest BCUT2D eigenvalue weighted by molar-refractivity contribution is -0.00547. The fourth-order valence-electron chi connectivity index (χ4n) is 2.28. The first-order valence-electron chi connectivity index (χ1n) is 6.08. The van der Waals surface area contributed by atoms with E-state index in [0.29, 0.717) is 0 Å². The van der Waals surface area contributed by atoms with Gasteiger partial charge in [0, 0.05) is 18.8 Å². The zero-order valence-electron chi connectivity index (χ0n) is 10.7. The van der Waals surface area contributed by atoms with Crippen LogP contribution in [0.3, 0.4) is 0 Å². The van der Waals surface area contributed by atoms with Crippen LogP contribution in [0.2, 0.25) is 0 Å². The van der Waals surface area contributed by atoms with Crippen LogP contribution in [0.4, 0.5) is 5.82 Å². The third kappa shape index (κ3) is 2.76. The van der Waals surface area contributed by atoms with Gasteiger partial charge in [0.25, 0.3) is 0 Å². The summed E-state index contributed by atoms with van der Waals surface area (Å²) in [5.41, 5.74) is 1.79. The SMILES string of the molecule is Cc1nc(N2C[C@@H](C)O[C@@H](C)C2)ccc1CO. The predicted molar refractivity (Wildman–Crippen MR) is 67.1 cm³/mol. The molecule has 0 radical (unpaired) electrons. The normalized spacial score (nSPS) is 25.1. The number of nitrogens with zero attached hydrogens (tertiary/aromatic N) is 2. The lowest BCUT2D eigenvalue weighted by Gasteiger charge is -2.36. The summed E-state index contributed by atoms with van der Waals surface area (Å²) in [5.74, 6) is 0.974. The maximum absolute atomic E-state index is 9.13. The van der Waals surface area contributed by atoms with Gasteiger partial charge < -0.3 is 14.7 Å². The number of pyridine rings is 1. The van der Waals surface area contributed by atoms with Crippen LogP contribution in [0.15, 0.2) is 12.1 Å². The van der Waals surface area contributed by atoms with Crippen molar-refractivity contribution in [2.75, 3.05) is 18.0 Å². The summed E-state index contributed by atoms with van der Waals surface area (Å²) in [7, 11) is 0. The molecule has 17 heavy (non-hydrogen) atoms. The van der Waals surface area contributed by atoms with E-state index in [4.69, 9.17) is 9.84 Å². The monoisotopic (exact) mass is 236 g/mol. The second kappa shape index (κ2) is 5.02. The van der Waals surface area contributed by atoms with Gasteiger partial charge in [-0.05, 0) is 32.4 Å². The molecule has 0 aromatic carbocycles. The Labute approximate surface area is 102 Å². The van der Waals surface area contributed by atoms with E-state index in [0.717, 1.165) is 30.2 Å². The van der Waals surface area contributed by atoms with Gasteiger partial charge in [0.15, 0.2) is 0 Å². The molecule has 4 heteroatoms. The molecule has 0 bridgehead atoms. The van der Waals surface area contributed by atoms with Crippen molar-refractivity contribution in [1.29, 1.82) is 0 Å². The minimum Gasteiger partial charge on any atom is -0.392 e. The molecular formula is C13H20N2O2. The van der Waals surface area contributed by atoms with Gasteiger partial charge in [-0.15, -0.1) is 0 Å². The van der Waals surface area contributed by atoms with Gasteiger partial charge in [0.2, 0.25) is 0 Å². The number of aliphatic hydroxyl groups excluding tert-OH is 1. The number of aliphatic hydroxyl groups is 1. The summed E-state index contributed by atoms with van der Waals surface area (Å²) < 4.78 is 5.70. The fraction of sp³-hybridized carbons (Fsp3) is 0.615. The zero-order valence-corrected chi connectivity index (χ0v) is 10.7. The third-order valence-electron chi connectivity index (χ3n) is 3.09. The Kier molecular flexibility index (Phi) is 3.64. The number of morpholine rings is 1. The second-order valence-corrected chi connectivity index (χ2v) is 4.73. The highest BCUT2D eigenvalue weighted by atomic mass is 16.5. The van der Waals surface area contributed by atoms with Crippen LogP contribution in [0.25, 0.3) is 0 Å². The molecule has 4 nitrogen and oxygen atoms in total. The molecule has 1 N–H and O–H groups in total. The topological polar surface area (TPSA) is 45.6 Å². The molecule has 0 unspecified atom stereocenters. The van der Waals surface area contributed by atoms with Gasteiger partial charge in [-0.3, -0.25) is 0 Å². The number of aromatic nitrogens is 1. The van der Waals surface area contributed by atoms with Crippen molar-refractivity contribution < 1.29 is 9.84 Å². The predicted octanol–water partition coefficient (Wildman–Crippen LogP) is 1.50. The summed E-state index contributed by atoms with van der Waals surface area (Å²) in [5, 5.41) is 9.13. The van der Waals surface area contributed by atoms with Crippen LogP contribution in [0.5, 0.6) is 0 Å². The van der Waals surface area contributed by atoms with Gasteiger partial charge in [0.05, 0.1) is 18.8 Å². The fourth-order valence-corrected chi connectivity index (χ4v) is 2.28. The number of hydrogen-bond donors (Lipinski definition) is 1. The molecule has 2 atom stereocenters. The molecule has 0 aliphatic carbocycles. The lowest BCUT2D eigenvalue weighted by Crippen LogP contribution is -2.45. The molecule has 1 aliphatic rings. The summed E-state index contributed by atoms with van der Waals surface area (Å²) in [6, 6.07) is 3.92. The highest BCUT2D eigenvalue weighted by Gasteiger charge is 2.23. The van der Waals surface area contributed by atoms with Gasteiger partial charge in [-0.1, -0.05) is 6.07 Å². The number of anilines is 1. The minimum atomic E-state index is 0.0506. The Bertz CT molecular complexity index is 385. The van der Waals surface area contributed by atoms with Gasteiger partial charge >= 0.3 is 0 Å². The molecule has 2 rings (SSSR count). The first-order chi connectivity index (χ1) is 8.10. The molecule has 0 saturated carbocycles. The van der Waals surface area contributed by atoms with Crippen molar-refractivity contribution in [2.45, 2.75) is 39.6 Å². The van der Waals surface area contributed by atoms with E-state index in [1.54, 1.807) is 0 Å². The Morgan fingerprint density at radius 3 is 2.53 bits per heavy atom. The summed E-state index contributed by atoms with van der Waals surface area (Å²) in [4.78, 5) is 6.79. The minimum absolute atomic E-state index is 0.0506. The van der Waals surface area contributed by atoms with Crippen LogP contribution < -0.4 is 4.90 Å². The standard InChI is InChI=1S/C13H20N2O2/c1-9-6-15(7-10(2)17-9)13-5-4-12(8-16)11(3)14-13/h4-5,9-10,16H,6-8H2,1-3H3/t9-,10+. The molecule has 0 spiro atoms. The van der Waals surface area contributed by atoms with Crippen molar-refractivity contribution in [3.8, 4) is 0 Å². The molecule has 2 heterocycles. The zero-order chi connectivity index (χ0) is 12.4. The quantitative estimate of drug-likeness (QED) is 0.845. The number of ether oxygens (including phenoxy) is 1. The van der Waals surface area contributed by atoms with Crippen LogP contribution >= 0.6 is 0 Å². The third-order valence-corrected chi connectivity index (χ3v) is 3.09.